The second-order valence-corrected chi connectivity index (χ2v) is 4.45. The summed E-state index contributed by atoms with van der Waals surface area (Å²) in [6, 6.07) is 7.75. The van der Waals surface area contributed by atoms with Crippen LogP contribution in [0.2, 0.25) is 0 Å². The van der Waals surface area contributed by atoms with E-state index in [2.05, 4.69) is 15.6 Å². The molecule has 1 aliphatic heterocycles. The number of benzene rings is 1. The van der Waals surface area contributed by atoms with Gasteiger partial charge in [-0.3, -0.25) is 9.59 Å². The van der Waals surface area contributed by atoms with Crippen molar-refractivity contribution in [1.29, 1.82) is 0 Å². The smallest absolute Gasteiger partial charge is 0.309 e. The van der Waals surface area contributed by atoms with Crippen LogP contribution in [0, 0.1) is 6.92 Å². The number of aromatic nitrogens is 1. The van der Waals surface area contributed by atoms with E-state index in [9.17, 15) is 9.59 Å². The van der Waals surface area contributed by atoms with E-state index in [1.807, 2.05) is 31.2 Å². The zero-order valence-electron chi connectivity index (χ0n) is 9.91. The van der Waals surface area contributed by atoms with Gasteiger partial charge in [0, 0.05) is 28.7 Å². The molecule has 0 radical (unpaired) electrons. The highest BCUT2D eigenvalue weighted by atomic mass is 16.2. The van der Waals surface area contributed by atoms with Crippen LogP contribution in [0.25, 0.3) is 10.9 Å². The molecule has 0 bridgehead atoms. The number of aromatic amines is 1. The van der Waals surface area contributed by atoms with Gasteiger partial charge in [0.05, 0.1) is 6.04 Å². The third-order valence-electron chi connectivity index (χ3n) is 3.27. The molecule has 1 aromatic heterocycles. The van der Waals surface area contributed by atoms with Crippen LogP contribution in [-0.4, -0.2) is 23.3 Å². The van der Waals surface area contributed by atoms with Crippen molar-refractivity contribution >= 4 is 22.7 Å². The summed E-state index contributed by atoms with van der Waals surface area (Å²) >= 11 is 0. The van der Waals surface area contributed by atoms with Gasteiger partial charge in [-0.2, -0.15) is 0 Å². The van der Waals surface area contributed by atoms with Crippen molar-refractivity contribution in [2.24, 2.45) is 0 Å². The summed E-state index contributed by atoms with van der Waals surface area (Å²) < 4.78 is 0. The molecule has 92 valence electrons. The monoisotopic (exact) mass is 243 g/mol. The maximum atomic E-state index is 11.4. The van der Waals surface area contributed by atoms with Crippen LogP contribution in [0.4, 0.5) is 0 Å². The van der Waals surface area contributed by atoms with Crippen molar-refractivity contribution in [2.75, 3.05) is 6.54 Å². The fourth-order valence-electron chi connectivity index (χ4n) is 2.47. The number of fused-ring (bicyclic) bond motifs is 1. The molecule has 0 spiro atoms. The first-order chi connectivity index (χ1) is 8.66. The fraction of sp³-hybridized carbons (Fsp3) is 0.231. The molecule has 5 nitrogen and oxygen atoms in total. The Morgan fingerprint density at radius 1 is 1.17 bits per heavy atom. The predicted octanol–water partition coefficient (Wildman–Crippen LogP) is 0.763. The Kier molecular flexibility index (Phi) is 2.33. The van der Waals surface area contributed by atoms with Crippen LogP contribution in [0.5, 0.6) is 0 Å². The fourth-order valence-corrected chi connectivity index (χ4v) is 2.47. The molecule has 18 heavy (non-hydrogen) atoms. The number of carbonyl (C=O) groups is 2. The minimum atomic E-state index is -0.573. The van der Waals surface area contributed by atoms with Gasteiger partial charge in [-0.15, -0.1) is 0 Å². The van der Waals surface area contributed by atoms with Gasteiger partial charge in [0.1, 0.15) is 0 Å². The summed E-state index contributed by atoms with van der Waals surface area (Å²) in [5, 5.41) is 6.41. The normalized spacial score (nSPS) is 19.7. The van der Waals surface area contributed by atoms with Gasteiger partial charge in [-0.1, -0.05) is 18.2 Å². The number of H-pyrrole nitrogens is 1. The number of piperazine rings is 1. The highest BCUT2D eigenvalue weighted by molar-refractivity contribution is 6.35. The minimum absolute atomic E-state index is 0.175. The molecule has 0 saturated carbocycles. The average Bonchev–Trinajstić information content (AvgIpc) is 2.69. The summed E-state index contributed by atoms with van der Waals surface area (Å²) in [5.74, 6) is -1.14. The second-order valence-electron chi connectivity index (χ2n) is 4.45. The molecular formula is C13H13N3O2. The zero-order valence-corrected chi connectivity index (χ0v) is 9.91. The lowest BCUT2D eigenvalue weighted by Crippen LogP contribution is -2.51. The lowest BCUT2D eigenvalue weighted by Gasteiger charge is -2.24. The van der Waals surface area contributed by atoms with E-state index in [1.54, 1.807) is 0 Å². The summed E-state index contributed by atoms with van der Waals surface area (Å²) in [7, 11) is 0. The number of carbonyl (C=O) groups excluding carboxylic acids is 2. The maximum absolute atomic E-state index is 11.4. The van der Waals surface area contributed by atoms with Gasteiger partial charge in [0.25, 0.3) is 0 Å². The van der Waals surface area contributed by atoms with Crippen LogP contribution < -0.4 is 10.6 Å². The number of amides is 2. The molecule has 0 aliphatic carbocycles. The Morgan fingerprint density at radius 3 is 2.72 bits per heavy atom. The average molecular weight is 243 g/mol. The van der Waals surface area contributed by atoms with Gasteiger partial charge in [-0.25, -0.2) is 0 Å². The van der Waals surface area contributed by atoms with Crippen molar-refractivity contribution in [1.82, 2.24) is 15.6 Å². The number of nitrogens with one attached hydrogen (secondary N) is 3. The van der Waals surface area contributed by atoms with Gasteiger partial charge in [0.2, 0.25) is 0 Å². The van der Waals surface area contributed by atoms with Gasteiger partial charge < -0.3 is 15.6 Å². The third kappa shape index (κ3) is 1.55. The summed E-state index contributed by atoms with van der Waals surface area (Å²) in [4.78, 5) is 25.8. The van der Waals surface area contributed by atoms with Gasteiger partial charge in [0.15, 0.2) is 0 Å². The van der Waals surface area contributed by atoms with Crippen LogP contribution in [0.1, 0.15) is 17.3 Å². The highest BCUT2D eigenvalue weighted by Gasteiger charge is 2.28. The van der Waals surface area contributed by atoms with Crippen LogP contribution >= 0.6 is 0 Å². The largest absolute Gasteiger partial charge is 0.358 e. The van der Waals surface area contributed by atoms with E-state index < -0.39 is 11.8 Å². The first-order valence-corrected chi connectivity index (χ1v) is 5.82. The van der Waals surface area contributed by atoms with E-state index in [1.165, 1.54) is 0 Å². The topological polar surface area (TPSA) is 74.0 Å². The Balaban J connectivity index is 2.06. The van der Waals surface area contributed by atoms with E-state index in [4.69, 9.17) is 0 Å². The number of rotatable bonds is 1. The van der Waals surface area contributed by atoms with Crippen molar-refractivity contribution in [3.63, 3.8) is 0 Å². The molecule has 1 aliphatic rings. The Bertz CT molecular complexity index is 645. The van der Waals surface area contributed by atoms with Crippen LogP contribution in [0.15, 0.2) is 24.3 Å². The summed E-state index contributed by atoms with van der Waals surface area (Å²) in [5.41, 5.74) is 3.09. The number of para-hydroxylation sites is 1. The SMILES string of the molecule is Cc1[nH]c2ccccc2c1C1CNC(=O)C(=O)N1. The van der Waals surface area contributed by atoms with E-state index in [0.29, 0.717) is 6.54 Å². The summed E-state index contributed by atoms with van der Waals surface area (Å²) in [6.07, 6.45) is 0. The molecule has 3 N–H and O–H groups in total. The van der Waals surface area contributed by atoms with E-state index >= 15 is 0 Å². The Morgan fingerprint density at radius 2 is 1.94 bits per heavy atom. The van der Waals surface area contributed by atoms with E-state index in [0.717, 1.165) is 22.2 Å². The summed E-state index contributed by atoms with van der Waals surface area (Å²) in [6.45, 7) is 2.39. The van der Waals surface area contributed by atoms with Crippen molar-refractivity contribution in [2.45, 2.75) is 13.0 Å². The van der Waals surface area contributed by atoms with Gasteiger partial charge in [-0.05, 0) is 13.0 Å². The quantitative estimate of drug-likeness (QED) is 0.647. The molecule has 1 atom stereocenters. The molecule has 3 rings (SSSR count). The zero-order chi connectivity index (χ0) is 12.7. The molecule has 1 saturated heterocycles. The molecule has 2 heterocycles. The molecule has 1 fully saturated rings. The Labute approximate surface area is 104 Å². The Hall–Kier alpha value is -2.30. The van der Waals surface area contributed by atoms with Gasteiger partial charge >= 0.3 is 11.8 Å². The van der Waals surface area contributed by atoms with Crippen molar-refractivity contribution in [3.05, 3.63) is 35.5 Å². The number of aryl methyl sites for hydroxylation is 1. The van der Waals surface area contributed by atoms with Crippen LogP contribution in [0.3, 0.4) is 0 Å². The maximum Gasteiger partial charge on any atom is 0.309 e. The molecule has 2 amide bonds. The molecule has 1 unspecified atom stereocenters. The molecule has 2 aromatic rings. The van der Waals surface area contributed by atoms with Crippen molar-refractivity contribution < 1.29 is 9.59 Å². The lowest BCUT2D eigenvalue weighted by atomic mass is 10.0. The number of hydrogen-bond acceptors (Lipinski definition) is 2. The standard InChI is InChI=1S/C13H13N3O2/c1-7-11(8-4-2-3-5-9(8)15-7)10-6-14-12(17)13(18)16-10/h2-5,10,15H,6H2,1H3,(H,14,17)(H,16,18). The third-order valence-corrected chi connectivity index (χ3v) is 3.27. The van der Waals surface area contributed by atoms with Crippen LogP contribution in [-0.2, 0) is 9.59 Å². The minimum Gasteiger partial charge on any atom is -0.358 e. The second kappa shape index (κ2) is 3.87. The molecular weight excluding hydrogens is 230 g/mol. The molecule has 1 aromatic carbocycles. The van der Waals surface area contributed by atoms with Crippen molar-refractivity contribution in [3.8, 4) is 0 Å². The lowest BCUT2D eigenvalue weighted by molar-refractivity contribution is -0.141. The number of hydrogen-bond donors (Lipinski definition) is 3. The predicted molar refractivity (Wildman–Crippen MR) is 66.9 cm³/mol. The first-order valence-electron chi connectivity index (χ1n) is 5.82. The highest BCUT2D eigenvalue weighted by Crippen LogP contribution is 2.28. The molecule has 5 heteroatoms. The first kappa shape index (κ1) is 10.8. The van der Waals surface area contributed by atoms with E-state index in [-0.39, 0.29) is 6.04 Å².